The summed E-state index contributed by atoms with van der Waals surface area (Å²) in [5.74, 6) is 0. The van der Waals surface area contributed by atoms with Crippen LogP contribution in [0.25, 0.3) is 0 Å². The van der Waals surface area contributed by atoms with Crippen molar-refractivity contribution in [2.24, 2.45) is 0 Å². The third-order valence-electron chi connectivity index (χ3n) is 4.79. The van der Waals surface area contributed by atoms with E-state index >= 15 is 0 Å². The van der Waals surface area contributed by atoms with Gasteiger partial charge in [0.15, 0.2) is 0 Å². The summed E-state index contributed by atoms with van der Waals surface area (Å²) < 4.78 is 18.8. The van der Waals surface area contributed by atoms with Crippen LogP contribution in [-0.2, 0) is 13.3 Å². The maximum atomic E-state index is 6.27. The highest BCUT2D eigenvalue weighted by Gasteiger charge is 2.52. The number of thiol groups is 1. The number of nitrogens with one attached hydrogen (secondary N) is 1. The Balaban J connectivity index is 3.05. The minimum atomic E-state index is -2.78. The first-order valence-electron chi connectivity index (χ1n) is 10.1. The predicted octanol–water partition coefficient (Wildman–Crippen LogP) is 3.12. The molecule has 1 saturated heterocycles. The average molecular weight is 393 g/mol. The van der Waals surface area contributed by atoms with Crippen molar-refractivity contribution >= 4 is 21.4 Å². The quantitative estimate of drug-likeness (QED) is 0.372. The number of nitrogens with zero attached hydrogens (tertiary/aromatic N) is 1. The minimum absolute atomic E-state index is 0.205. The molecule has 1 aliphatic rings. The van der Waals surface area contributed by atoms with Crippen LogP contribution in [0.5, 0.6) is 0 Å². The number of hydrogen-bond donors (Lipinski definition) is 2. The van der Waals surface area contributed by atoms with Gasteiger partial charge in [-0.2, -0.15) is 12.6 Å². The van der Waals surface area contributed by atoms with E-state index in [9.17, 15) is 0 Å². The van der Waals surface area contributed by atoms with E-state index in [0.717, 1.165) is 38.9 Å². The largest absolute Gasteiger partial charge is 0.519 e. The minimum Gasteiger partial charge on any atom is -0.373 e. The molecule has 7 heteroatoms. The Morgan fingerprint density at radius 3 is 2.12 bits per heavy atom. The second-order valence-corrected chi connectivity index (χ2v) is 10.2. The van der Waals surface area contributed by atoms with Gasteiger partial charge < -0.3 is 18.6 Å². The lowest BCUT2D eigenvalue weighted by atomic mass is 10.1. The van der Waals surface area contributed by atoms with Crippen LogP contribution in [0.1, 0.15) is 60.3 Å². The van der Waals surface area contributed by atoms with Crippen LogP contribution in [0, 0.1) is 0 Å². The molecule has 1 N–H and O–H groups in total. The summed E-state index contributed by atoms with van der Waals surface area (Å²) in [4.78, 5) is 2.57. The summed E-state index contributed by atoms with van der Waals surface area (Å²) in [5, 5.41) is 3.92. The molecule has 0 saturated carbocycles. The second kappa shape index (κ2) is 12.7. The zero-order valence-electron chi connectivity index (χ0n) is 16.9. The fourth-order valence-corrected chi connectivity index (χ4v) is 7.46. The van der Waals surface area contributed by atoms with E-state index in [4.69, 9.17) is 25.9 Å². The van der Waals surface area contributed by atoms with Crippen molar-refractivity contribution in [3.8, 4) is 0 Å². The molecule has 0 aromatic carbocycles. The smallest absolute Gasteiger partial charge is 0.373 e. The third kappa shape index (κ3) is 7.12. The normalized spacial score (nSPS) is 22.1. The number of hydrogen-bond acceptors (Lipinski definition) is 6. The zero-order valence-corrected chi connectivity index (χ0v) is 18.8. The molecule has 0 aromatic rings. The monoisotopic (exact) mass is 392 g/mol. The van der Waals surface area contributed by atoms with E-state index < -0.39 is 8.80 Å². The maximum absolute atomic E-state index is 6.27. The Bertz CT molecular complexity index is 335. The highest BCUT2D eigenvalue weighted by Crippen LogP contribution is 2.28. The fourth-order valence-electron chi connectivity index (χ4n) is 3.71. The summed E-state index contributed by atoms with van der Waals surface area (Å²) in [5.41, 5.74) is 0.205. The van der Waals surface area contributed by atoms with Gasteiger partial charge in [0.1, 0.15) is 0 Å². The van der Waals surface area contributed by atoms with Crippen molar-refractivity contribution in [3.63, 3.8) is 0 Å². The topological polar surface area (TPSA) is 43.0 Å². The van der Waals surface area contributed by atoms with Gasteiger partial charge in [0.25, 0.3) is 0 Å². The second-order valence-electron chi connectivity index (χ2n) is 6.73. The molecule has 1 heterocycles. The van der Waals surface area contributed by atoms with Crippen molar-refractivity contribution in [2.45, 2.75) is 77.3 Å². The molecule has 0 bridgehead atoms. The van der Waals surface area contributed by atoms with Gasteiger partial charge in [-0.3, -0.25) is 4.90 Å². The molecule has 0 aliphatic carbocycles. The molecule has 1 fully saturated rings. The van der Waals surface area contributed by atoms with E-state index in [1.54, 1.807) is 0 Å². The number of piperazine rings is 1. The molecular formula is C18H40N2O3SSi. The van der Waals surface area contributed by atoms with Gasteiger partial charge >= 0.3 is 8.80 Å². The van der Waals surface area contributed by atoms with E-state index in [2.05, 4.69) is 24.1 Å². The first kappa shape index (κ1) is 23.4. The molecule has 0 radical (unpaired) electrons. The average Bonchev–Trinajstić information content (AvgIpc) is 2.57. The molecule has 3 atom stereocenters. The lowest BCUT2D eigenvalue weighted by Gasteiger charge is -2.46. The fraction of sp³-hybridized carbons (Fsp3) is 1.00. The Morgan fingerprint density at radius 2 is 1.64 bits per heavy atom. The summed E-state index contributed by atoms with van der Waals surface area (Å²) >= 11 is 4.79. The highest BCUT2D eigenvalue weighted by molar-refractivity contribution is 7.80. The Labute approximate surface area is 161 Å². The predicted molar refractivity (Wildman–Crippen MR) is 110 cm³/mol. The first-order valence-corrected chi connectivity index (χ1v) is 12.4. The van der Waals surface area contributed by atoms with Crippen molar-refractivity contribution in [1.29, 1.82) is 0 Å². The van der Waals surface area contributed by atoms with Crippen LogP contribution in [0.2, 0.25) is 0 Å². The molecule has 1 aliphatic heterocycles. The molecule has 0 spiro atoms. The van der Waals surface area contributed by atoms with Crippen LogP contribution in [0.15, 0.2) is 0 Å². The molecular weight excluding hydrogens is 352 g/mol. The lowest BCUT2D eigenvalue weighted by molar-refractivity contribution is 0.0183. The molecule has 0 amide bonds. The maximum Gasteiger partial charge on any atom is 0.519 e. The standard InChI is InChI=1S/C18H40N2O3SSi/c1-6-10-17(24)11-12-18(20-14-13-19-15-16(20)5)25(21-7-2,22-8-3)23-9-4/h16-19,24H,6-15H2,1-5H3. The SMILES string of the molecule is CCCC(S)CCC(N1CCNCC1C)[Si](OCC)(OCC)OCC. The first-order chi connectivity index (χ1) is 12.0. The lowest BCUT2D eigenvalue weighted by Crippen LogP contribution is -2.67. The van der Waals surface area contributed by atoms with Crippen LogP contribution in [-0.4, -0.2) is 70.1 Å². The van der Waals surface area contributed by atoms with Gasteiger partial charge in [0, 0.05) is 50.7 Å². The van der Waals surface area contributed by atoms with Crippen LogP contribution in [0.3, 0.4) is 0 Å². The van der Waals surface area contributed by atoms with Gasteiger partial charge in [-0.15, -0.1) is 0 Å². The van der Waals surface area contributed by atoms with Gasteiger partial charge in [-0.05, 0) is 47.0 Å². The molecule has 3 unspecified atom stereocenters. The van der Waals surface area contributed by atoms with Crippen LogP contribution < -0.4 is 5.32 Å². The summed E-state index contributed by atoms with van der Waals surface area (Å²) in [7, 11) is -2.78. The van der Waals surface area contributed by atoms with E-state index in [0.29, 0.717) is 31.1 Å². The van der Waals surface area contributed by atoms with Gasteiger partial charge in [-0.25, -0.2) is 0 Å². The van der Waals surface area contributed by atoms with E-state index in [1.165, 1.54) is 6.42 Å². The van der Waals surface area contributed by atoms with Crippen LogP contribution >= 0.6 is 12.6 Å². The zero-order chi connectivity index (χ0) is 18.7. The molecule has 5 nitrogen and oxygen atoms in total. The van der Waals surface area contributed by atoms with Crippen LogP contribution in [0.4, 0.5) is 0 Å². The molecule has 150 valence electrons. The van der Waals surface area contributed by atoms with Gasteiger partial charge in [0.2, 0.25) is 0 Å². The summed E-state index contributed by atoms with van der Waals surface area (Å²) in [6, 6.07) is 0.455. The Kier molecular flexibility index (Phi) is 11.9. The third-order valence-corrected chi connectivity index (χ3v) is 8.82. The van der Waals surface area contributed by atoms with Gasteiger partial charge in [0.05, 0.1) is 5.67 Å². The van der Waals surface area contributed by atoms with Crippen molar-refractivity contribution in [2.75, 3.05) is 39.5 Å². The summed E-state index contributed by atoms with van der Waals surface area (Å²) in [6.45, 7) is 15.5. The Morgan fingerprint density at radius 1 is 1.04 bits per heavy atom. The molecule has 25 heavy (non-hydrogen) atoms. The molecule has 1 rings (SSSR count). The van der Waals surface area contributed by atoms with E-state index in [-0.39, 0.29) is 5.67 Å². The van der Waals surface area contributed by atoms with Crippen molar-refractivity contribution in [1.82, 2.24) is 10.2 Å². The molecule has 0 aromatic heterocycles. The summed E-state index contributed by atoms with van der Waals surface area (Å²) in [6.07, 6.45) is 4.41. The van der Waals surface area contributed by atoms with E-state index in [1.807, 2.05) is 20.8 Å². The number of rotatable bonds is 13. The van der Waals surface area contributed by atoms with Gasteiger partial charge in [-0.1, -0.05) is 13.3 Å². The Hall–Kier alpha value is 0.367. The van der Waals surface area contributed by atoms with Crippen molar-refractivity contribution in [3.05, 3.63) is 0 Å². The highest BCUT2D eigenvalue weighted by atomic mass is 32.1. The van der Waals surface area contributed by atoms with Crippen molar-refractivity contribution < 1.29 is 13.3 Å².